The summed E-state index contributed by atoms with van der Waals surface area (Å²) in [5.41, 5.74) is 1.51. The number of aromatic amines is 1. The van der Waals surface area contributed by atoms with Gasteiger partial charge in [-0.3, -0.25) is 9.59 Å². The van der Waals surface area contributed by atoms with E-state index in [-0.39, 0.29) is 23.1 Å². The molecule has 0 bridgehead atoms. The van der Waals surface area contributed by atoms with Crippen LogP contribution in [0, 0.1) is 6.92 Å². The van der Waals surface area contributed by atoms with Gasteiger partial charge in [0.25, 0.3) is 11.5 Å². The van der Waals surface area contributed by atoms with Crippen molar-refractivity contribution in [3.63, 3.8) is 0 Å². The first-order chi connectivity index (χ1) is 12.5. The molecule has 1 aliphatic heterocycles. The standard InChI is InChI=1S/C19H19N5O2/c1-12-8-9-15(18(25)20-12)19(26)23-10-13(2)24-16(11-23)21-22-17(24)14-6-4-3-5-7-14/h3-9,13H,10-11H2,1-2H3,(H,20,25)/t13-/m0/s1. The number of hydrogen-bond donors (Lipinski definition) is 1. The molecule has 2 aromatic heterocycles. The van der Waals surface area contributed by atoms with Crippen LogP contribution in [0.1, 0.15) is 34.8 Å². The van der Waals surface area contributed by atoms with Crippen LogP contribution in [0.4, 0.5) is 0 Å². The molecule has 7 nitrogen and oxygen atoms in total. The zero-order valence-electron chi connectivity index (χ0n) is 14.6. The molecule has 1 amide bonds. The Labute approximate surface area is 150 Å². The van der Waals surface area contributed by atoms with E-state index in [1.807, 2.05) is 37.3 Å². The Balaban J connectivity index is 1.66. The number of aromatic nitrogens is 4. The van der Waals surface area contributed by atoms with Gasteiger partial charge in [0.1, 0.15) is 5.56 Å². The number of rotatable bonds is 2. The molecule has 7 heteroatoms. The molecule has 3 aromatic rings. The third kappa shape index (κ3) is 2.71. The molecule has 132 valence electrons. The largest absolute Gasteiger partial charge is 0.329 e. The normalized spacial score (nSPS) is 16.4. The molecule has 0 aliphatic carbocycles. The molecule has 0 fully saturated rings. The van der Waals surface area contributed by atoms with Crippen LogP contribution in [0.5, 0.6) is 0 Å². The van der Waals surface area contributed by atoms with Gasteiger partial charge in [0.05, 0.1) is 12.6 Å². The van der Waals surface area contributed by atoms with Crippen LogP contribution in [-0.2, 0) is 6.54 Å². The molecule has 0 saturated carbocycles. The Morgan fingerprint density at radius 3 is 2.65 bits per heavy atom. The number of pyridine rings is 1. The fraction of sp³-hybridized carbons (Fsp3) is 0.263. The summed E-state index contributed by atoms with van der Waals surface area (Å²) in [6.45, 7) is 4.64. The lowest BCUT2D eigenvalue weighted by atomic mass is 10.1. The molecule has 3 heterocycles. The minimum Gasteiger partial charge on any atom is -0.329 e. The molecule has 1 N–H and O–H groups in total. The van der Waals surface area contributed by atoms with Crippen molar-refractivity contribution in [2.75, 3.05) is 6.54 Å². The number of nitrogens with zero attached hydrogens (tertiary/aromatic N) is 4. The minimum absolute atomic E-state index is 0.0115. The molecule has 0 radical (unpaired) electrons. The second-order valence-corrected chi connectivity index (χ2v) is 6.59. The van der Waals surface area contributed by atoms with Gasteiger partial charge in [0, 0.05) is 17.8 Å². The average Bonchev–Trinajstić information content (AvgIpc) is 3.06. The van der Waals surface area contributed by atoms with E-state index in [4.69, 9.17) is 0 Å². The number of aryl methyl sites for hydroxylation is 1. The van der Waals surface area contributed by atoms with Crippen molar-refractivity contribution >= 4 is 5.91 Å². The number of carbonyl (C=O) groups excluding carboxylic acids is 1. The summed E-state index contributed by atoms with van der Waals surface area (Å²) >= 11 is 0. The highest BCUT2D eigenvalue weighted by atomic mass is 16.2. The number of benzene rings is 1. The van der Waals surface area contributed by atoms with Crippen LogP contribution in [0.3, 0.4) is 0 Å². The zero-order valence-corrected chi connectivity index (χ0v) is 14.6. The Morgan fingerprint density at radius 2 is 1.92 bits per heavy atom. The summed E-state index contributed by atoms with van der Waals surface area (Å²) in [6, 6.07) is 13.2. The number of amides is 1. The van der Waals surface area contributed by atoms with Crippen LogP contribution in [0.25, 0.3) is 11.4 Å². The van der Waals surface area contributed by atoms with Crippen molar-refractivity contribution in [1.82, 2.24) is 24.6 Å². The van der Waals surface area contributed by atoms with Gasteiger partial charge in [-0.1, -0.05) is 30.3 Å². The van der Waals surface area contributed by atoms with E-state index in [1.165, 1.54) is 0 Å². The summed E-state index contributed by atoms with van der Waals surface area (Å²) in [4.78, 5) is 29.3. The molecule has 26 heavy (non-hydrogen) atoms. The lowest BCUT2D eigenvalue weighted by Gasteiger charge is -2.32. The topological polar surface area (TPSA) is 83.9 Å². The lowest BCUT2D eigenvalue weighted by Crippen LogP contribution is -2.42. The maximum absolute atomic E-state index is 12.8. The van der Waals surface area contributed by atoms with E-state index in [0.717, 1.165) is 22.9 Å². The second kappa shape index (κ2) is 6.25. The summed E-state index contributed by atoms with van der Waals surface area (Å²) in [7, 11) is 0. The summed E-state index contributed by atoms with van der Waals surface area (Å²) in [5.74, 6) is 1.24. The minimum atomic E-state index is -0.361. The average molecular weight is 349 g/mol. The number of hydrogen-bond acceptors (Lipinski definition) is 4. The highest BCUT2D eigenvalue weighted by Gasteiger charge is 2.30. The van der Waals surface area contributed by atoms with Crippen molar-refractivity contribution in [3.8, 4) is 11.4 Å². The monoisotopic (exact) mass is 349 g/mol. The van der Waals surface area contributed by atoms with Crippen molar-refractivity contribution in [1.29, 1.82) is 0 Å². The van der Waals surface area contributed by atoms with E-state index in [2.05, 4.69) is 19.7 Å². The Morgan fingerprint density at radius 1 is 1.15 bits per heavy atom. The highest BCUT2D eigenvalue weighted by Crippen LogP contribution is 2.27. The molecule has 1 atom stereocenters. The predicted molar refractivity (Wildman–Crippen MR) is 96.7 cm³/mol. The first-order valence-electron chi connectivity index (χ1n) is 8.53. The Bertz CT molecular complexity index is 1020. The molecule has 1 aliphatic rings. The number of nitrogens with one attached hydrogen (secondary N) is 1. The summed E-state index contributed by atoms with van der Waals surface area (Å²) < 4.78 is 2.07. The zero-order chi connectivity index (χ0) is 18.3. The maximum Gasteiger partial charge on any atom is 0.260 e. The Hall–Kier alpha value is -3.22. The van der Waals surface area contributed by atoms with Gasteiger partial charge in [0.2, 0.25) is 0 Å². The molecule has 4 rings (SSSR count). The smallest absolute Gasteiger partial charge is 0.260 e. The third-order valence-corrected chi connectivity index (χ3v) is 4.63. The van der Waals surface area contributed by atoms with E-state index < -0.39 is 0 Å². The van der Waals surface area contributed by atoms with Crippen LogP contribution < -0.4 is 5.56 Å². The van der Waals surface area contributed by atoms with Crippen molar-refractivity contribution in [3.05, 3.63) is 69.9 Å². The highest BCUT2D eigenvalue weighted by molar-refractivity contribution is 5.93. The predicted octanol–water partition coefficient (Wildman–Crippen LogP) is 2.16. The van der Waals surface area contributed by atoms with E-state index in [0.29, 0.717) is 13.1 Å². The Kier molecular flexibility index (Phi) is 3.91. The first kappa shape index (κ1) is 16.3. The van der Waals surface area contributed by atoms with Crippen LogP contribution in [0.2, 0.25) is 0 Å². The molecule has 0 spiro atoms. The van der Waals surface area contributed by atoms with E-state index in [1.54, 1.807) is 24.0 Å². The number of carbonyl (C=O) groups is 1. The third-order valence-electron chi connectivity index (χ3n) is 4.63. The van der Waals surface area contributed by atoms with Crippen molar-refractivity contribution in [2.45, 2.75) is 26.4 Å². The van der Waals surface area contributed by atoms with Crippen LogP contribution >= 0.6 is 0 Å². The van der Waals surface area contributed by atoms with Gasteiger partial charge in [0.15, 0.2) is 11.6 Å². The van der Waals surface area contributed by atoms with Gasteiger partial charge < -0.3 is 14.5 Å². The first-order valence-corrected chi connectivity index (χ1v) is 8.53. The van der Waals surface area contributed by atoms with E-state index in [9.17, 15) is 9.59 Å². The van der Waals surface area contributed by atoms with Gasteiger partial charge >= 0.3 is 0 Å². The molecular formula is C19H19N5O2. The molecule has 0 saturated heterocycles. The van der Waals surface area contributed by atoms with E-state index >= 15 is 0 Å². The number of H-pyrrole nitrogens is 1. The van der Waals surface area contributed by atoms with Gasteiger partial charge in [-0.15, -0.1) is 10.2 Å². The fourth-order valence-electron chi connectivity index (χ4n) is 3.38. The second-order valence-electron chi connectivity index (χ2n) is 6.59. The molecule has 1 aromatic carbocycles. The van der Waals surface area contributed by atoms with Gasteiger partial charge in [-0.05, 0) is 26.0 Å². The van der Waals surface area contributed by atoms with Gasteiger partial charge in [-0.25, -0.2) is 0 Å². The van der Waals surface area contributed by atoms with Crippen molar-refractivity contribution in [2.24, 2.45) is 0 Å². The number of fused-ring (bicyclic) bond motifs is 1. The fourth-order valence-corrected chi connectivity index (χ4v) is 3.38. The van der Waals surface area contributed by atoms with Crippen molar-refractivity contribution < 1.29 is 4.79 Å². The van der Waals surface area contributed by atoms with Gasteiger partial charge in [-0.2, -0.15) is 0 Å². The molecule has 0 unspecified atom stereocenters. The van der Waals surface area contributed by atoms with Crippen LogP contribution in [0.15, 0.2) is 47.3 Å². The molecular weight excluding hydrogens is 330 g/mol. The maximum atomic E-state index is 12.8. The lowest BCUT2D eigenvalue weighted by molar-refractivity contribution is 0.0680. The quantitative estimate of drug-likeness (QED) is 0.768. The summed E-state index contributed by atoms with van der Waals surface area (Å²) in [5, 5.41) is 8.60. The summed E-state index contributed by atoms with van der Waals surface area (Å²) in [6.07, 6.45) is 0. The van der Waals surface area contributed by atoms with Crippen LogP contribution in [-0.4, -0.2) is 37.1 Å². The SMILES string of the molecule is Cc1ccc(C(=O)N2Cc3nnc(-c4ccccc4)n3[C@@H](C)C2)c(=O)[nH]1.